The van der Waals surface area contributed by atoms with Gasteiger partial charge < -0.3 is 18.9 Å². The van der Waals surface area contributed by atoms with Crippen molar-refractivity contribution in [2.75, 3.05) is 47.5 Å². The number of quaternary nitrogens is 1. The number of carbonyl (C=O) groups excluding carboxylic acids is 2. The first-order chi connectivity index (χ1) is 34.5. The number of likely N-dealkylation sites (N-methyl/N-ethyl adjacent to an activating group) is 1. The average Bonchev–Trinajstić information content (AvgIpc) is 3.33. The van der Waals surface area contributed by atoms with Gasteiger partial charge in [0.05, 0.1) is 27.7 Å². The molecule has 2 unspecified atom stereocenters. The molecule has 0 bridgehead atoms. The van der Waals surface area contributed by atoms with Crippen LogP contribution in [0.1, 0.15) is 303 Å². The molecule has 1 N–H and O–H groups in total. The Morgan fingerprint density at radius 2 is 0.761 bits per heavy atom. The molecule has 0 aliphatic heterocycles. The van der Waals surface area contributed by atoms with Crippen molar-refractivity contribution < 1.29 is 42.1 Å². The number of hydrogen-bond donors (Lipinski definition) is 1. The fourth-order valence-electron chi connectivity index (χ4n) is 8.99. The van der Waals surface area contributed by atoms with Crippen LogP contribution in [0.5, 0.6) is 0 Å². The van der Waals surface area contributed by atoms with Crippen molar-refractivity contribution in [3.8, 4) is 0 Å². The summed E-state index contributed by atoms with van der Waals surface area (Å²) in [5.74, 6) is -0.780. The number of phosphoric ester groups is 1. The van der Waals surface area contributed by atoms with Gasteiger partial charge >= 0.3 is 19.8 Å². The number of phosphoric acid groups is 1. The van der Waals surface area contributed by atoms with Crippen LogP contribution in [0.3, 0.4) is 0 Å². The van der Waals surface area contributed by atoms with E-state index in [0.717, 1.165) is 38.5 Å². The summed E-state index contributed by atoms with van der Waals surface area (Å²) in [5, 5.41) is 0. The number of esters is 2. The molecule has 0 fully saturated rings. The summed E-state index contributed by atoms with van der Waals surface area (Å²) in [4.78, 5) is 35.7. The molecule has 0 saturated carbocycles. The fourth-order valence-corrected chi connectivity index (χ4v) is 9.73. The van der Waals surface area contributed by atoms with Crippen LogP contribution in [0.25, 0.3) is 0 Å². The first-order valence-corrected chi connectivity index (χ1v) is 32.1. The maximum absolute atomic E-state index is 12.8. The van der Waals surface area contributed by atoms with E-state index in [0.29, 0.717) is 23.9 Å². The van der Waals surface area contributed by atoms with E-state index < -0.39 is 26.5 Å². The first kappa shape index (κ1) is 69.5. The molecular weight excluding hydrogens is 906 g/mol. The normalized spacial score (nSPS) is 13.4. The van der Waals surface area contributed by atoms with Crippen LogP contribution in [0.15, 0.2) is 24.3 Å². The summed E-state index contributed by atoms with van der Waals surface area (Å²) in [6.07, 6.45) is 63.9. The quantitative estimate of drug-likeness (QED) is 0.0211. The Balaban J connectivity index is 4.10. The van der Waals surface area contributed by atoms with Crippen LogP contribution >= 0.6 is 7.82 Å². The molecule has 10 heteroatoms. The largest absolute Gasteiger partial charge is 0.472 e. The number of hydrogen-bond acceptors (Lipinski definition) is 7. The number of ether oxygens (including phenoxy) is 2. The molecule has 71 heavy (non-hydrogen) atoms. The number of rotatable bonds is 57. The second-order valence-corrected chi connectivity index (χ2v) is 23.6. The van der Waals surface area contributed by atoms with Gasteiger partial charge in [0, 0.05) is 12.8 Å². The number of nitrogens with zero attached hydrogens (tertiary/aromatic N) is 1. The zero-order valence-electron chi connectivity index (χ0n) is 47.7. The van der Waals surface area contributed by atoms with Crippen LogP contribution in [0.2, 0.25) is 0 Å². The second-order valence-electron chi connectivity index (χ2n) is 22.1. The Hall–Kier alpha value is -1.51. The molecule has 0 rings (SSSR count). The van der Waals surface area contributed by atoms with Crippen molar-refractivity contribution in [2.45, 2.75) is 309 Å². The van der Waals surface area contributed by atoms with E-state index in [1.165, 1.54) is 231 Å². The molecule has 0 spiro atoms. The highest BCUT2D eigenvalue weighted by Crippen LogP contribution is 2.43. The van der Waals surface area contributed by atoms with Crippen molar-refractivity contribution >= 4 is 19.8 Å². The third kappa shape index (κ3) is 57.6. The first-order valence-electron chi connectivity index (χ1n) is 30.6. The van der Waals surface area contributed by atoms with Crippen LogP contribution in [-0.4, -0.2) is 74.9 Å². The smallest absolute Gasteiger partial charge is 0.462 e. The van der Waals surface area contributed by atoms with E-state index in [1.54, 1.807) is 0 Å². The Labute approximate surface area is 440 Å². The molecule has 0 aromatic carbocycles. The highest BCUT2D eigenvalue weighted by atomic mass is 31.2. The third-order valence-corrected chi connectivity index (χ3v) is 14.7. The minimum absolute atomic E-state index is 0.0346. The molecule has 0 amide bonds. The summed E-state index contributed by atoms with van der Waals surface area (Å²) in [6.45, 7) is 4.48. The topological polar surface area (TPSA) is 108 Å². The van der Waals surface area contributed by atoms with Crippen molar-refractivity contribution in [3.63, 3.8) is 0 Å². The molecule has 420 valence electrons. The highest BCUT2D eigenvalue weighted by Gasteiger charge is 2.27. The number of allylic oxidation sites excluding steroid dienone is 4. The SMILES string of the molecule is CCCCCCC/C=C\C/C=C\CCCCCCCCCCCCCCCC(=O)OC(COC(=O)CCCCCCCCCCCCCCCCCCCCCCCC)COP(=O)(O)OCC[N+](C)(C)C. The molecule has 9 nitrogen and oxygen atoms in total. The van der Waals surface area contributed by atoms with Crippen molar-refractivity contribution in [3.05, 3.63) is 24.3 Å². The summed E-state index contributed by atoms with van der Waals surface area (Å²) < 4.78 is 34.6. The number of unbranched alkanes of at least 4 members (excludes halogenated alkanes) is 39. The summed E-state index contributed by atoms with van der Waals surface area (Å²) in [5.41, 5.74) is 0. The van der Waals surface area contributed by atoms with E-state index >= 15 is 0 Å². The van der Waals surface area contributed by atoms with Crippen LogP contribution in [0, 0.1) is 0 Å². The molecule has 0 aliphatic carbocycles. The zero-order valence-corrected chi connectivity index (χ0v) is 48.6. The molecule has 0 aromatic heterocycles. The standard InChI is InChI=1S/C61H118NO8P/c1-6-8-10-12-14-16-18-20-22-24-26-28-30-31-32-34-36-38-40-42-44-46-48-50-52-54-61(64)70-59(58-69-71(65,66)68-56-55-62(3,4)5)57-67-60(63)53-51-49-47-45-43-41-39-37-35-33-29-27-25-23-21-19-17-15-13-11-9-7-2/h18,20,24,26,59H,6-17,19,21-23,25,27-58H2,1-5H3/p+1/b20-18-,26-24-. The van der Waals surface area contributed by atoms with E-state index in [4.69, 9.17) is 18.5 Å². The molecule has 2 atom stereocenters. The summed E-state index contributed by atoms with van der Waals surface area (Å²) in [6, 6.07) is 0. The highest BCUT2D eigenvalue weighted by molar-refractivity contribution is 7.47. The monoisotopic (exact) mass is 1020 g/mol. The van der Waals surface area contributed by atoms with Gasteiger partial charge in [0.1, 0.15) is 19.8 Å². The lowest BCUT2D eigenvalue weighted by Crippen LogP contribution is -2.37. The lowest BCUT2D eigenvalue weighted by molar-refractivity contribution is -0.870. The van der Waals surface area contributed by atoms with E-state index in [-0.39, 0.29) is 25.6 Å². The van der Waals surface area contributed by atoms with Crippen LogP contribution in [0.4, 0.5) is 0 Å². The lowest BCUT2D eigenvalue weighted by Gasteiger charge is -2.24. The number of carbonyl (C=O) groups is 2. The molecule has 0 heterocycles. The molecule has 0 saturated heterocycles. The van der Waals surface area contributed by atoms with Crippen LogP contribution < -0.4 is 0 Å². The maximum atomic E-state index is 12.8. The van der Waals surface area contributed by atoms with Crippen molar-refractivity contribution in [1.82, 2.24) is 0 Å². The zero-order chi connectivity index (χ0) is 52.0. The Bertz CT molecular complexity index is 1250. The Morgan fingerprint density at radius 3 is 1.11 bits per heavy atom. The van der Waals surface area contributed by atoms with E-state index in [9.17, 15) is 19.0 Å². The van der Waals surface area contributed by atoms with Gasteiger partial charge in [-0.25, -0.2) is 4.57 Å². The van der Waals surface area contributed by atoms with Crippen LogP contribution in [-0.2, 0) is 32.7 Å². The molecular formula is C61H119NO8P+. The van der Waals surface area contributed by atoms with Gasteiger partial charge in [-0.1, -0.05) is 269 Å². The second kappa shape index (κ2) is 53.3. The van der Waals surface area contributed by atoms with Gasteiger partial charge in [-0.3, -0.25) is 18.6 Å². The average molecular weight is 1030 g/mol. The Morgan fingerprint density at radius 1 is 0.437 bits per heavy atom. The minimum Gasteiger partial charge on any atom is -0.462 e. The minimum atomic E-state index is -4.38. The fraction of sp³-hybridized carbons (Fsp3) is 0.902. The third-order valence-electron chi connectivity index (χ3n) is 13.7. The van der Waals surface area contributed by atoms with Gasteiger partial charge in [0.25, 0.3) is 0 Å². The van der Waals surface area contributed by atoms with Gasteiger partial charge in [-0.2, -0.15) is 0 Å². The molecule has 0 aromatic rings. The predicted molar refractivity (Wildman–Crippen MR) is 303 cm³/mol. The lowest BCUT2D eigenvalue weighted by atomic mass is 10.0. The van der Waals surface area contributed by atoms with E-state index in [2.05, 4.69) is 38.2 Å². The van der Waals surface area contributed by atoms with Crippen molar-refractivity contribution in [2.24, 2.45) is 0 Å². The summed E-state index contributed by atoms with van der Waals surface area (Å²) >= 11 is 0. The predicted octanol–water partition coefficient (Wildman–Crippen LogP) is 19.0. The molecule has 0 aliphatic rings. The van der Waals surface area contributed by atoms with Gasteiger partial charge in [-0.15, -0.1) is 0 Å². The van der Waals surface area contributed by atoms with Gasteiger partial charge in [-0.05, 0) is 44.9 Å². The van der Waals surface area contributed by atoms with Gasteiger partial charge in [0.15, 0.2) is 6.10 Å². The Kier molecular flexibility index (Phi) is 52.2. The van der Waals surface area contributed by atoms with Crippen molar-refractivity contribution in [1.29, 1.82) is 0 Å². The maximum Gasteiger partial charge on any atom is 0.472 e. The molecule has 0 radical (unpaired) electrons. The summed E-state index contributed by atoms with van der Waals surface area (Å²) in [7, 11) is 1.49. The van der Waals surface area contributed by atoms with E-state index in [1.807, 2.05) is 21.1 Å². The van der Waals surface area contributed by atoms with Gasteiger partial charge in [0.2, 0.25) is 0 Å².